The van der Waals surface area contributed by atoms with Crippen LogP contribution in [0, 0.1) is 6.92 Å². The third kappa shape index (κ3) is 4.00. The highest BCUT2D eigenvalue weighted by Crippen LogP contribution is 2.26. The maximum absolute atomic E-state index is 12.5. The van der Waals surface area contributed by atoms with Crippen molar-refractivity contribution < 1.29 is 9.53 Å². The third-order valence-electron chi connectivity index (χ3n) is 4.83. The van der Waals surface area contributed by atoms with Gasteiger partial charge in [0.1, 0.15) is 11.6 Å². The molecule has 6 heteroatoms. The minimum atomic E-state index is 0.0425. The fraction of sp³-hybridized carbons (Fsp3) is 0.526. The van der Waals surface area contributed by atoms with Crippen LogP contribution in [0.1, 0.15) is 42.9 Å². The SMILES string of the molecule is CCc1nc(C)ccc1OCC(=O)N1CCC(c2nccn2C)CC1. The van der Waals surface area contributed by atoms with Crippen LogP contribution in [0.4, 0.5) is 0 Å². The van der Waals surface area contributed by atoms with Crippen molar-refractivity contribution >= 4 is 5.91 Å². The first-order valence-electron chi connectivity index (χ1n) is 8.92. The van der Waals surface area contributed by atoms with E-state index in [0.717, 1.165) is 49.6 Å². The Labute approximate surface area is 148 Å². The molecule has 2 aromatic rings. The Hall–Kier alpha value is -2.37. The monoisotopic (exact) mass is 342 g/mol. The van der Waals surface area contributed by atoms with Gasteiger partial charge in [0, 0.05) is 44.1 Å². The van der Waals surface area contributed by atoms with Crippen LogP contribution in [0.25, 0.3) is 0 Å². The third-order valence-corrected chi connectivity index (χ3v) is 4.83. The van der Waals surface area contributed by atoms with Gasteiger partial charge < -0.3 is 14.2 Å². The van der Waals surface area contributed by atoms with Gasteiger partial charge in [0.25, 0.3) is 5.91 Å². The molecule has 25 heavy (non-hydrogen) atoms. The molecular weight excluding hydrogens is 316 g/mol. The van der Waals surface area contributed by atoms with Gasteiger partial charge >= 0.3 is 0 Å². The summed E-state index contributed by atoms with van der Waals surface area (Å²) in [6.45, 7) is 5.59. The standard InChI is InChI=1S/C19H26N4O2/c1-4-16-17(6-5-14(2)21-16)25-13-18(24)23-10-7-15(8-11-23)19-20-9-12-22(19)3/h5-6,9,12,15H,4,7-8,10-11,13H2,1-3H3. The van der Waals surface area contributed by atoms with E-state index in [2.05, 4.69) is 14.5 Å². The van der Waals surface area contributed by atoms with Crippen molar-refractivity contribution in [1.82, 2.24) is 19.4 Å². The van der Waals surface area contributed by atoms with E-state index in [9.17, 15) is 4.79 Å². The summed E-state index contributed by atoms with van der Waals surface area (Å²) < 4.78 is 7.82. The van der Waals surface area contributed by atoms with Gasteiger partial charge in [0.05, 0.1) is 5.69 Å². The predicted molar refractivity (Wildman–Crippen MR) is 95.6 cm³/mol. The summed E-state index contributed by atoms with van der Waals surface area (Å²) >= 11 is 0. The molecule has 0 bridgehead atoms. The Morgan fingerprint density at radius 2 is 2.08 bits per heavy atom. The molecule has 0 unspecified atom stereocenters. The minimum absolute atomic E-state index is 0.0425. The van der Waals surface area contributed by atoms with Gasteiger partial charge in [-0.25, -0.2) is 4.98 Å². The molecule has 1 aliphatic heterocycles. The number of aryl methyl sites for hydroxylation is 3. The lowest BCUT2D eigenvalue weighted by atomic mass is 9.96. The van der Waals surface area contributed by atoms with Crippen LogP contribution < -0.4 is 4.74 Å². The van der Waals surface area contributed by atoms with E-state index in [1.165, 1.54) is 0 Å². The number of likely N-dealkylation sites (tertiary alicyclic amines) is 1. The van der Waals surface area contributed by atoms with E-state index in [-0.39, 0.29) is 12.5 Å². The van der Waals surface area contributed by atoms with Crippen molar-refractivity contribution in [3.63, 3.8) is 0 Å². The molecule has 134 valence electrons. The Bertz CT molecular complexity index is 733. The second kappa shape index (κ2) is 7.68. The summed E-state index contributed by atoms with van der Waals surface area (Å²) in [7, 11) is 2.02. The van der Waals surface area contributed by atoms with Crippen LogP contribution >= 0.6 is 0 Å². The summed E-state index contributed by atoms with van der Waals surface area (Å²) in [6.07, 6.45) is 6.50. The number of aromatic nitrogens is 3. The van der Waals surface area contributed by atoms with E-state index in [1.54, 1.807) is 0 Å². The van der Waals surface area contributed by atoms with Gasteiger partial charge in [0.15, 0.2) is 6.61 Å². The highest BCUT2D eigenvalue weighted by molar-refractivity contribution is 5.77. The largest absolute Gasteiger partial charge is 0.482 e. The molecule has 3 heterocycles. The molecule has 3 rings (SSSR count). The molecule has 1 fully saturated rings. The average Bonchev–Trinajstić information content (AvgIpc) is 3.06. The second-order valence-electron chi connectivity index (χ2n) is 6.59. The first-order chi connectivity index (χ1) is 12.1. The molecule has 1 saturated heterocycles. The number of carbonyl (C=O) groups is 1. The van der Waals surface area contributed by atoms with Crippen molar-refractivity contribution in [2.45, 2.75) is 39.0 Å². The van der Waals surface area contributed by atoms with Crippen LogP contribution in [0.15, 0.2) is 24.5 Å². The van der Waals surface area contributed by atoms with Gasteiger partial charge in [-0.3, -0.25) is 9.78 Å². The van der Waals surface area contributed by atoms with E-state index >= 15 is 0 Å². The topological polar surface area (TPSA) is 60.2 Å². The van der Waals surface area contributed by atoms with Crippen LogP contribution in [-0.2, 0) is 18.3 Å². The minimum Gasteiger partial charge on any atom is -0.482 e. The molecule has 0 saturated carbocycles. The normalized spacial score (nSPS) is 15.4. The highest BCUT2D eigenvalue weighted by atomic mass is 16.5. The summed E-state index contributed by atoms with van der Waals surface area (Å²) in [4.78, 5) is 23.3. The maximum Gasteiger partial charge on any atom is 0.260 e. The first-order valence-corrected chi connectivity index (χ1v) is 8.92. The fourth-order valence-corrected chi connectivity index (χ4v) is 3.37. The zero-order valence-electron chi connectivity index (χ0n) is 15.2. The van der Waals surface area contributed by atoms with Crippen LogP contribution in [-0.4, -0.2) is 45.0 Å². The van der Waals surface area contributed by atoms with E-state index < -0.39 is 0 Å². The van der Waals surface area contributed by atoms with E-state index in [1.807, 2.05) is 50.3 Å². The van der Waals surface area contributed by atoms with Crippen molar-refractivity contribution in [3.8, 4) is 5.75 Å². The number of rotatable bonds is 5. The smallest absolute Gasteiger partial charge is 0.260 e. The molecule has 2 aromatic heterocycles. The molecule has 0 N–H and O–H groups in total. The van der Waals surface area contributed by atoms with Crippen LogP contribution in [0.2, 0.25) is 0 Å². The number of pyridine rings is 1. The predicted octanol–water partition coefficient (Wildman–Crippen LogP) is 2.47. The fourth-order valence-electron chi connectivity index (χ4n) is 3.37. The molecule has 6 nitrogen and oxygen atoms in total. The Morgan fingerprint density at radius 1 is 1.32 bits per heavy atom. The lowest BCUT2D eigenvalue weighted by molar-refractivity contribution is -0.134. The Morgan fingerprint density at radius 3 is 2.72 bits per heavy atom. The quantitative estimate of drug-likeness (QED) is 0.837. The number of hydrogen-bond donors (Lipinski definition) is 0. The Kier molecular flexibility index (Phi) is 5.36. The number of hydrogen-bond acceptors (Lipinski definition) is 4. The van der Waals surface area contributed by atoms with Crippen molar-refractivity contribution in [1.29, 1.82) is 0 Å². The van der Waals surface area contributed by atoms with Crippen LogP contribution in [0.5, 0.6) is 5.75 Å². The van der Waals surface area contributed by atoms with E-state index in [0.29, 0.717) is 11.7 Å². The second-order valence-corrected chi connectivity index (χ2v) is 6.59. The number of piperidine rings is 1. The summed E-state index contributed by atoms with van der Waals surface area (Å²) in [5, 5.41) is 0. The zero-order chi connectivity index (χ0) is 17.8. The Balaban J connectivity index is 1.52. The molecule has 1 amide bonds. The van der Waals surface area contributed by atoms with Gasteiger partial charge in [-0.1, -0.05) is 6.92 Å². The molecule has 0 atom stereocenters. The van der Waals surface area contributed by atoms with Gasteiger partial charge in [-0.15, -0.1) is 0 Å². The first kappa shape index (κ1) is 17.5. The molecular formula is C19H26N4O2. The molecule has 0 aliphatic carbocycles. The number of ether oxygens (including phenoxy) is 1. The van der Waals surface area contributed by atoms with Crippen molar-refractivity contribution in [2.24, 2.45) is 7.05 Å². The molecule has 0 radical (unpaired) electrons. The number of amides is 1. The lowest BCUT2D eigenvalue weighted by Gasteiger charge is -2.31. The maximum atomic E-state index is 12.5. The molecule has 0 aromatic carbocycles. The van der Waals surface area contributed by atoms with E-state index in [4.69, 9.17) is 4.74 Å². The van der Waals surface area contributed by atoms with Crippen LogP contribution in [0.3, 0.4) is 0 Å². The molecule has 0 spiro atoms. The van der Waals surface area contributed by atoms with Gasteiger partial charge in [-0.05, 0) is 38.3 Å². The lowest BCUT2D eigenvalue weighted by Crippen LogP contribution is -2.40. The zero-order valence-corrected chi connectivity index (χ0v) is 15.2. The van der Waals surface area contributed by atoms with Gasteiger partial charge in [-0.2, -0.15) is 0 Å². The number of carbonyl (C=O) groups excluding carboxylic acids is 1. The van der Waals surface area contributed by atoms with Crippen molar-refractivity contribution in [2.75, 3.05) is 19.7 Å². The highest BCUT2D eigenvalue weighted by Gasteiger charge is 2.26. The van der Waals surface area contributed by atoms with Crippen molar-refractivity contribution in [3.05, 3.63) is 41.7 Å². The average molecular weight is 342 g/mol. The summed E-state index contributed by atoms with van der Waals surface area (Å²) in [5.74, 6) is 2.30. The summed E-state index contributed by atoms with van der Waals surface area (Å²) in [6, 6.07) is 3.82. The molecule has 1 aliphatic rings. The number of imidazole rings is 1. The summed E-state index contributed by atoms with van der Waals surface area (Å²) in [5.41, 5.74) is 1.87. The number of nitrogens with zero attached hydrogens (tertiary/aromatic N) is 4. The van der Waals surface area contributed by atoms with Gasteiger partial charge in [0.2, 0.25) is 0 Å².